The van der Waals surface area contributed by atoms with E-state index in [1.165, 1.54) is 15.4 Å². The molecular formula is C11H11IO. The molecule has 68 valence electrons. The Kier molecular flexibility index (Phi) is 4.06. The molecule has 1 aromatic rings. The molecule has 0 amide bonds. The summed E-state index contributed by atoms with van der Waals surface area (Å²) in [6.45, 7) is 5.45. The van der Waals surface area contributed by atoms with Gasteiger partial charge in [0.15, 0.2) is 0 Å². The summed E-state index contributed by atoms with van der Waals surface area (Å²) in [5.74, 6) is 0. The molecular weight excluding hydrogens is 275 g/mol. The van der Waals surface area contributed by atoms with E-state index in [-0.39, 0.29) is 6.10 Å². The number of ether oxygens (including phenoxy) is 1. The van der Waals surface area contributed by atoms with Gasteiger partial charge >= 0.3 is 0 Å². The van der Waals surface area contributed by atoms with Crippen molar-refractivity contribution < 1.29 is 4.74 Å². The minimum absolute atomic E-state index is 0.0577. The van der Waals surface area contributed by atoms with Crippen LogP contribution >= 0.6 is 22.6 Å². The SMILES string of the molecule is C=C=COC(C)c1ccccc1I. The Labute approximate surface area is 92.3 Å². The van der Waals surface area contributed by atoms with E-state index >= 15 is 0 Å². The Balaban J connectivity index is 2.81. The van der Waals surface area contributed by atoms with Crippen LogP contribution in [0, 0.1) is 3.57 Å². The number of benzene rings is 1. The minimum Gasteiger partial charge on any atom is -0.485 e. The van der Waals surface area contributed by atoms with Crippen molar-refractivity contribution in [2.24, 2.45) is 0 Å². The second kappa shape index (κ2) is 5.10. The van der Waals surface area contributed by atoms with Crippen LogP contribution in [0.2, 0.25) is 0 Å². The summed E-state index contributed by atoms with van der Waals surface area (Å²) in [4.78, 5) is 0. The van der Waals surface area contributed by atoms with Crippen LogP contribution in [0.15, 0.2) is 42.8 Å². The van der Waals surface area contributed by atoms with Gasteiger partial charge in [-0.05, 0) is 35.6 Å². The molecule has 0 radical (unpaired) electrons. The van der Waals surface area contributed by atoms with Crippen LogP contribution in [-0.4, -0.2) is 0 Å². The van der Waals surface area contributed by atoms with E-state index in [1.54, 1.807) is 0 Å². The van der Waals surface area contributed by atoms with Crippen LogP contribution in [0.25, 0.3) is 0 Å². The van der Waals surface area contributed by atoms with E-state index in [2.05, 4.69) is 47.0 Å². The molecule has 1 rings (SSSR count). The maximum atomic E-state index is 5.35. The van der Waals surface area contributed by atoms with Crippen molar-refractivity contribution in [3.05, 3.63) is 52.0 Å². The first-order valence-corrected chi connectivity index (χ1v) is 5.07. The van der Waals surface area contributed by atoms with Crippen molar-refractivity contribution in [2.75, 3.05) is 0 Å². The van der Waals surface area contributed by atoms with Gasteiger partial charge < -0.3 is 4.74 Å². The second-order valence-electron chi connectivity index (χ2n) is 2.62. The first kappa shape index (κ1) is 10.4. The molecule has 13 heavy (non-hydrogen) atoms. The van der Waals surface area contributed by atoms with Gasteiger partial charge in [0.05, 0.1) is 0 Å². The van der Waals surface area contributed by atoms with Gasteiger partial charge in [-0.1, -0.05) is 30.5 Å². The fourth-order valence-corrected chi connectivity index (χ4v) is 1.85. The molecule has 0 spiro atoms. The van der Waals surface area contributed by atoms with Gasteiger partial charge in [-0.3, -0.25) is 0 Å². The standard InChI is InChI=1S/C11H11IO/c1-3-8-13-9(2)10-6-4-5-7-11(10)12/h4-9H,1H2,2H3. The topological polar surface area (TPSA) is 9.23 Å². The number of hydrogen-bond donors (Lipinski definition) is 0. The van der Waals surface area contributed by atoms with Crippen molar-refractivity contribution >= 4 is 22.6 Å². The zero-order chi connectivity index (χ0) is 9.68. The van der Waals surface area contributed by atoms with Gasteiger partial charge in [0.25, 0.3) is 0 Å². The zero-order valence-electron chi connectivity index (χ0n) is 7.46. The largest absolute Gasteiger partial charge is 0.485 e. The van der Waals surface area contributed by atoms with E-state index in [1.807, 2.05) is 19.1 Å². The molecule has 0 aliphatic carbocycles. The van der Waals surface area contributed by atoms with Crippen LogP contribution in [-0.2, 0) is 4.74 Å². The summed E-state index contributed by atoms with van der Waals surface area (Å²) in [6, 6.07) is 8.15. The molecule has 0 fully saturated rings. The first-order valence-electron chi connectivity index (χ1n) is 4.00. The van der Waals surface area contributed by atoms with Crippen molar-refractivity contribution in [3.63, 3.8) is 0 Å². The fourth-order valence-electron chi connectivity index (χ4n) is 1.03. The highest BCUT2D eigenvalue weighted by molar-refractivity contribution is 14.1. The number of halogens is 1. The van der Waals surface area contributed by atoms with Gasteiger partial charge in [0.1, 0.15) is 12.4 Å². The summed E-state index contributed by atoms with van der Waals surface area (Å²) in [5, 5.41) is 0. The Morgan fingerprint density at radius 2 is 2.23 bits per heavy atom. The summed E-state index contributed by atoms with van der Waals surface area (Å²) in [6.07, 6.45) is 1.55. The lowest BCUT2D eigenvalue weighted by Gasteiger charge is -2.12. The van der Waals surface area contributed by atoms with Gasteiger partial charge in [-0.25, -0.2) is 0 Å². The second-order valence-corrected chi connectivity index (χ2v) is 3.78. The molecule has 0 saturated heterocycles. The molecule has 1 aromatic carbocycles. The molecule has 0 saturated carbocycles. The predicted octanol–water partition coefficient (Wildman–Crippen LogP) is 3.67. The molecule has 0 bridgehead atoms. The van der Waals surface area contributed by atoms with Crippen molar-refractivity contribution in [1.29, 1.82) is 0 Å². The molecule has 0 aromatic heterocycles. The molecule has 1 atom stereocenters. The third-order valence-electron chi connectivity index (χ3n) is 1.70. The summed E-state index contributed by atoms with van der Waals surface area (Å²) < 4.78 is 6.57. The van der Waals surface area contributed by atoms with Gasteiger partial charge in [-0.15, -0.1) is 0 Å². The third-order valence-corrected chi connectivity index (χ3v) is 2.68. The smallest absolute Gasteiger partial charge is 0.125 e. The van der Waals surface area contributed by atoms with Crippen LogP contribution < -0.4 is 0 Å². The molecule has 2 heteroatoms. The highest BCUT2D eigenvalue weighted by atomic mass is 127. The van der Waals surface area contributed by atoms with Gasteiger partial charge in [0, 0.05) is 9.13 Å². The van der Waals surface area contributed by atoms with E-state index in [4.69, 9.17) is 4.74 Å². The van der Waals surface area contributed by atoms with Crippen LogP contribution in [0.4, 0.5) is 0 Å². The molecule has 0 aliphatic rings. The van der Waals surface area contributed by atoms with Crippen LogP contribution in [0.3, 0.4) is 0 Å². The van der Waals surface area contributed by atoms with E-state index in [9.17, 15) is 0 Å². The Morgan fingerprint density at radius 3 is 2.85 bits per heavy atom. The monoisotopic (exact) mass is 286 g/mol. The van der Waals surface area contributed by atoms with Crippen molar-refractivity contribution in [1.82, 2.24) is 0 Å². The average molecular weight is 286 g/mol. The number of hydrogen-bond acceptors (Lipinski definition) is 1. The average Bonchev–Trinajstić information content (AvgIpc) is 2.15. The summed E-state index contributed by atoms with van der Waals surface area (Å²) in [5.41, 5.74) is 3.78. The van der Waals surface area contributed by atoms with Crippen LogP contribution in [0.1, 0.15) is 18.6 Å². The minimum atomic E-state index is 0.0577. The van der Waals surface area contributed by atoms with Crippen molar-refractivity contribution in [2.45, 2.75) is 13.0 Å². The molecule has 0 heterocycles. The maximum Gasteiger partial charge on any atom is 0.125 e. The third kappa shape index (κ3) is 2.90. The Morgan fingerprint density at radius 1 is 1.54 bits per heavy atom. The summed E-state index contributed by atoms with van der Waals surface area (Å²) in [7, 11) is 0. The maximum absolute atomic E-state index is 5.35. The highest BCUT2D eigenvalue weighted by Crippen LogP contribution is 2.22. The number of rotatable bonds is 3. The van der Waals surface area contributed by atoms with Gasteiger partial charge in [0.2, 0.25) is 0 Å². The Hall–Kier alpha value is -0.730. The van der Waals surface area contributed by atoms with Crippen molar-refractivity contribution in [3.8, 4) is 0 Å². The molecule has 0 aliphatic heterocycles. The fraction of sp³-hybridized carbons (Fsp3) is 0.182. The van der Waals surface area contributed by atoms with E-state index in [0.29, 0.717) is 0 Å². The highest BCUT2D eigenvalue weighted by Gasteiger charge is 2.07. The molecule has 1 unspecified atom stereocenters. The predicted molar refractivity (Wildman–Crippen MR) is 62.4 cm³/mol. The quantitative estimate of drug-likeness (QED) is 0.468. The lowest BCUT2D eigenvalue weighted by molar-refractivity contribution is 0.164. The first-order chi connectivity index (χ1) is 6.25. The summed E-state index contributed by atoms with van der Waals surface area (Å²) >= 11 is 2.30. The zero-order valence-corrected chi connectivity index (χ0v) is 9.61. The van der Waals surface area contributed by atoms with Gasteiger partial charge in [-0.2, -0.15) is 0 Å². The normalized spacial score (nSPS) is 11.5. The lowest BCUT2D eigenvalue weighted by Crippen LogP contribution is -1.97. The Bertz CT molecular complexity index is 327. The van der Waals surface area contributed by atoms with Crippen LogP contribution in [0.5, 0.6) is 0 Å². The van der Waals surface area contributed by atoms with E-state index in [0.717, 1.165) is 0 Å². The lowest BCUT2D eigenvalue weighted by atomic mass is 10.1. The van der Waals surface area contributed by atoms with E-state index < -0.39 is 0 Å². The molecule has 1 nitrogen and oxygen atoms in total. The molecule has 0 N–H and O–H groups in total.